The number of rotatable bonds is 2. The van der Waals surface area contributed by atoms with E-state index in [9.17, 15) is 14.7 Å². The molecule has 7 heteroatoms. The van der Waals surface area contributed by atoms with E-state index >= 15 is 0 Å². The predicted octanol–water partition coefficient (Wildman–Crippen LogP) is 0.890. The molecule has 2 aliphatic rings. The van der Waals surface area contributed by atoms with Crippen molar-refractivity contribution in [3.8, 4) is 0 Å². The van der Waals surface area contributed by atoms with Gasteiger partial charge in [0, 0.05) is 0 Å². The van der Waals surface area contributed by atoms with Crippen molar-refractivity contribution in [2.45, 2.75) is 25.4 Å². The van der Waals surface area contributed by atoms with Gasteiger partial charge in [0.2, 0.25) is 0 Å². The van der Waals surface area contributed by atoms with E-state index in [1.807, 2.05) is 0 Å². The molecule has 1 saturated carbocycles. The predicted molar refractivity (Wildman–Crippen MR) is 78.6 cm³/mol. The van der Waals surface area contributed by atoms with Crippen molar-refractivity contribution in [2.75, 3.05) is 13.1 Å². The molecule has 1 saturated heterocycles. The van der Waals surface area contributed by atoms with Gasteiger partial charge in [0.25, 0.3) is 11.5 Å². The standard InChI is InChI=1S/C14H15N3O3S/c1-7-9-11(18)15-6-16-12(9)21-10(7)13(19)17-4-14(20,5-17)8-2-3-8/h6,8,20H,2-5H2,1H3,(H,15,16,18). The average molecular weight is 305 g/mol. The van der Waals surface area contributed by atoms with Gasteiger partial charge < -0.3 is 15.0 Å². The molecule has 1 aliphatic carbocycles. The fourth-order valence-corrected chi connectivity index (χ4v) is 4.18. The van der Waals surface area contributed by atoms with Gasteiger partial charge in [-0.2, -0.15) is 0 Å². The number of fused-ring (bicyclic) bond motifs is 1. The summed E-state index contributed by atoms with van der Waals surface area (Å²) < 4.78 is 0. The highest BCUT2D eigenvalue weighted by molar-refractivity contribution is 7.20. The normalized spacial score (nSPS) is 20.6. The summed E-state index contributed by atoms with van der Waals surface area (Å²) in [5.41, 5.74) is -0.224. The van der Waals surface area contributed by atoms with Crippen molar-refractivity contribution in [3.05, 3.63) is 27.1 Å². The Hall–Kier alpha value is -1.73. The summed E-state index contributed by atoms with van der Waals surface area (Å²) in [5, 5.41) is 10.8. The molecule has 2 aromatic heterocycles. The van der Waals surface area contributed by atoms with Crippen molar-refractivity contribution < 1.29 is 9.90 Å². The molecule has 0 spiro atoms. The molecule has 0 radical (unpaired) electrons. The second-order valence-corrected chi connectivity index (χ2v) is 7.01. The van der Waals surface area contributed by atoms with Gasteiger partial charge in [-0.15, -0.1) is 11.3 Å². The van der Waals surface area contributed by atoms with Crippen LogP contribution in [0.25, 0.3) is 10.2 Å². The zero-order chi connectivity index (χ0) is 14.8. The second-order valence-electron chi connectivity index (χ2n) is 6.01. The van der Waals surface area contributed by atoms with Crippen LogP contribution in [0.4, 0.5) is 0 Å². The number of amides is 1. The smallest absolute Gasteiger partial charge is 0.264 e. The Bertz CT molecular complexity index is 799. The number of likely N-dealkylation sites (tertiary alicyclic amines) is 1. The van der Waals surface area contributed by atoms with Gasteiger partial charge in [-0.25, -0.2) is 4.98 Å². The van der Waals surface area contributed by atoms with Gasteiger partial charge in [-0.3, -0.25) is 9.59 Å². The molecule has 4 rings (SSSR count). The van der Waals surface area contributed by atoms with E-state index in [4.69, 9.17) is 0 Å². The number of aromatic nitrogens is 2. The van der Waals surface area contributed by atoms with E-state index in [1.54, 1.807) is 11.8 Å². The maximum atomic E-state index is 12.5. The Balaban J connectivity index is 1.65. The molecular formula is C14H15N3O3S. The van der Waals surface area contributed by atoms with Crippen molar-refractivity contribution in [1.82, 2.24) is 14.9 Å². The van der Waals surface area contributed by atoms with Crippen LogP contribution in [0.3, 0.4) is 0 Å². The molecule has 0 bridgehead atoms. The van der Waals surface area contributed by atoms with E-state index in [-0.39, 0.29) is 11.5 Å². The number of β-amino-alcohol motifs (C(OH)–C–C–N with tert-alkyl or cyclic N) is 1. The van der Waals surface area contributed by atoms with Crippen molar-refractivity contribution in [2.24, 2.45) is 5.92 Å². The minimum atomic E-state index is -0.685. The Morgan fingerprint density at radius 1 is 1.52 bits per heavy atom. The molecule has 0 atom stereocenters. The van der Waals surface area contributed by atoms with Gasteiger partial charge in [-0.05, 0) is 31.2 Å². The number of nitrogens with one attached hydrogen (secondary N) is 1. The number of aliphatic hydroxyl groups is 1. The minimum absolute atomic E-state index is 0.111. The second kappa shape index (κ2) is 4.14. The minimum Gasteiger partial charge on any atom is -0.386 e. The summed E-state index contributed by atoms with van der Waals surface area (Å²) in [6.07, 6.45) is 3.46. The number of nitrogens with zero attached hydrogens (tertiary/aromatic N) is 2. The number of aromatic amines is 1. The topological polar surface area (TPSA) is 86.3 Å². The first-order chi connectivity index (χ1) is 9.99. The summed E-state index contributed by atoms with van der Waals surface area (Å²) in [4.78, 5) is 33.8. The maximum absolute atomic E-state index is 12.5. The third-order valence-corrected chi connectivity index (χ3v) is 5.67. The average Bonchev–Trinajstić information content (AvgIpc) is 3.20. The quantitative estimate of drug-likeness (QED) is 0.863. The van der Waals surface area contributed by atoms with Crippen LogP contribution >= 0.6 is 11.3 Å². The lowest BCUT2D eigenvalue weighted by Gasteiger charge is -2.46. The molecular weight excluding hydrogens is 290 g/mol. The third-order valence-electron chi connectivity index (χ3n) is 4.48. The molecule has 2 N–H and O–H groups in total. The number of thiophene rings is 1. The first-order valence-electron chi connectivity index (χ1n) is 6.98. The lowest BCUT2D eigenvalue weighted by atomic mass is 9.88. The van der Waals surface area contributed by atoms with E-state index in [1.165, 1.54) is 17.7 Å². The number of carbonyl (C=O) groups is 1. The molecule has 2 aromatic rings. The maximum Gasteiger partial charge on any atom is 0.264 e. The van der Waals surface area contributed by atoms with Crippen LogP contribution in [-0.4, -0.2) is 44.6 Å². The van der Waals surface area contributed by atoms with Crippen molar-refractivity contribution in [3.63, 3.8) is 0 Å². The van der Waals surface area contributed by atoms with Crippen LogP contribution in [0.2, 0.25) is 0 Å². The van der Waals surface area contributed by atoms with Crippen LogP contribution < -0.4 is 5.56 Å². The zero-order valence-corrected chi connectivity index (χ0v) is 12.4. The highest BCUT2D eigenvalue weighted by atomic mass is 32.1. The van der Waals surface area contributed by atoms with Crippen molar-refractivity contribution >= 4 is 27.5 Å². The lowest BCUT2D eigenvalue weighted by Crippen LogP contribution is -2.64. The number of carbonyl (C=O) groups excluding carboxylic acids is 1. The molecule has 1 aliphatic heterocycles. The summed E-state index contributed by atoms with van der Waals surface area (Å²) in [6, 6.07) is 0. The third kappa shape index (κ3) is 1.84. The highest BCUT2D eigenvalue weighted by Crippen LogP contribution is 2.45. The Morgan fingerprint density at radius 3 is 2.86 bits per heavy atom. The Labute approximate surface area is 124 Å². The van der Waals surface area contributed by atoms with Gasteiger partial charge in [0.15, 0.2) is 0 Å². The summed E-state index contributed by atoms with van der Waals surface area (Å²) in [6.45, 7) is 2.57. The first kappa shape index (κ1) is 13.0. The SMILES string of the molecule is Cc1c(C(=O)N2CC(O)(C3CC3)C2)sc2nc[nH]c(=O)c12. The molecule has 0 aromatic carbocycles. The molecule has 3 heterocycles. The summed E-state index contributed by atoms with van der Waals surface area (Å²) in [7, 11) is 0. The Kier molecular flexibility index (Phi) is 2.56. The number of aryl methyl sites for hydroxylation is 1. The van der Waals surface area contributed by atoms with E-state index < -0.39 is 5.60 Å². The zero-order valence-electron chi connectivity index (χ0n) is 11.5. The molecule has 0 unspecified atom stereocenters. The highest BCUT2D eigenvalue weighted by Gasteiger charge is 2.53. The van der Waals surface area contributed by atoms with Crippen LogP contribution in [0, 0.1) is 12.8 Å². The van der Waals surface area contributed by atoms with Gasteiger partial charge in [-0.1, -0.05) is 0 Å². The number of H-pyrrole nitrogens is 1. The molecule has 6 nitrogen and oxygen atoms in total. The lowest BCUT2D eigenvalue weighted by molar-refractivity contribution is -0.0956. The molecule has 21 heavy (non-hydrogen) atoms. The van der Waals surface area contributed by atoms with E-state index in [0.717, 1.165) is 12.8 Å². The largest absolute Gasteiger partial charge is 0.386 e. The van der Waals surface area contributed by atoms with E-state index in [2.05, 4.69) is 9.97 Å². The van der Waals surface area contributed by atoms with Gasteiger partial charge in [0.1, 0.15) is 10.4 Å². The monoisotopic (exact) mass is 305 g/mol. The fourth-order valence-electron chi connectivity index (χ4n) is 3.06. The van der Waals surface area contributed by atoms with Crippen molar-refractivity contribution in [1.29, 1.82) is 0 Å². The van der Waals surface area contributed by atoms with Crippen LogP contribution in [0.1, 0.15) is 28.1 Å². The molecule has 110 valence electrons. The van der Waals surface area contributed by atoms with Gasteiger partial charge in [0.05, 0.1) is 29.7 Å². The Morgan fingerprint density at radius 2 is 2.24 bits per heavy atom. The first-order valence-corrected chi connectivity index (χ1v) is 7.80. The molecule has 1 amide bonds. The van der Waals surface area contributed by atoms with E-state index in [0.29, 0.717) is 39.7 Å². The number of hydrogen-bond acceptors (Lipinski definition) is 5. The molecule has 2 fully saturated rings. The van der Waals surface area contributed by atoms with Crippen LogP contribution in [0.15, 0.2) is 11.1 Å². The van der Waals surface area contributed by atoms with Crippen LogP contribution in [-0.2, 0) is 0 Å². The van der Waals surface area contributed by atoms with Crippen LogP contribution in [0.5, 0.6) is 0 Å². The summed E-state index contributed by atoms with van der Waals surface area (Å²) in [5.74, 6) is 0.245. The summed E-state index contributed by atoms with van der Waals surface area (Å²) >= 11 is 1.24. The number of hydrogen-bond donors (Lipinski definition) is 2. The fraction of sp³-hybridized carbons (Fsp3) is 0.500. The van der Waals surface area contributed by atoms with Gasteiger partial charge >= 0.3 is 0 Å².